The summed E-state index contributed by atoms with van der Waals surface area (Å²) in [6, 6.07) is 2.01. The lowest BCUT2D eigenvalue weighted by molar-refractivity contribution is -0.196. The minimum atomic E-state index is -3.02. The van der Waals surface area contributed by atoms with Gasteiger partial charge >= 0.3 is 0 Å². The van der Waals surface area contributed by atoms with Crippen molar-refractivity contribution in [1.29, 1.82) is 0 Å². The Hall–Kier alpha value is -3.07. The fourth-order valence-electron chi connectivity index (χ4n) is 8.24. The first-order valence-electron chi connectivity index (χ1n) is 14.6. The van der Waals surface area contributed by atoms with Crippen LogP contribution < -0.4 is 5.73 Å². The van der Waals surface area contributed by atoms with E-state index in [-0.39, 0.29) is 11.3 Å². The summed E-state index contributed by atoms with van der Waals surface area (Å²) in [5.74, 6) is -13.8. The van der Waals surface area contributed by atoms with E-state index in [4.69, 9.17) is 15.2 Å². The number of primary amides is 1. The number of ketones is 4. The van der Waals surface area contributed by atoms with Gasteiger partial charge in [0.05, 0.1) is 42.8 Å². The Kier molecular flexibility index (Phi) is 7.14. The van der Waals surface area contributed by atoms with E-state index in [0.717, 1.165) is 0 Å². The molecule has 0 aromatic heterocycles. The van der Waals surface area contributed by atoms with Gasteiger partial charge in [-0.05, 0) is 25.6 Å². The van der Waals surface area contributed by atoms with E-state index in [0.29, 0.717) is 56.8 Å². The second-order valence-electron chi connectivity index (χ2n) is 12.8. The summed E-state index contributed by atoms with van der Waals surface area (Å²) in [7, 11) is 2.92. The van der Waals surface area contributed by atoms with E-state index in [9.17, 15) is 39.3 Å². The average molecular weight is 600 g/mol. The lowest BCUT2D eigenvalue weighted by atomic mass is 9.49. The number of amides is 1. The first-order chi connectivity index (χ1) is 20.2. The van der Waals surface area contributed by atoms with Crippen molar-refractivity contribution in [2.24, 2.45) is 29.4 Å². The number of nitrogens with two attached hydrogens (primary N) is 1. The zero-order valence-electron chi connectivity index (χ0n) is 24.3. The highest BCUT2D eigenvalue weighted by molar-refractivity contribution is 6.32. The Balaban J connectivity index is 1.36. The fourth-order valence-corrected chi connectivity index (χ4v) is 8.24. The Bertz CT molecular complexity index is 1410. The zero-order chi connectivity index (χ0) is 31.2. The number of likely N-dealkylation sites (tertiary alicyclic amines) is 1. The van der Waals surface area contributed by atoms with Crippen LogP contribution in [0.15, 0.2) is 12.1 Å². The number of hydrogen-bond donors (Lipinski definition) is 4. The molecule has 6 rings (SSSR count). The number of nitrogens with zero attached hydrogens (tertiary/aromatic N) is 2. The molecule has 2 aliphatic heterocycles. The smallest absolute Gasteiger partial charge is 0.235 e. The number of carbonyl (C=O) groups excluding carboxylic acids is 5. The molecule has 5 N–H and O–H groups in total. The van der Waals surface area contributed by atoms with E-state index in [1.54, 1.807) is 19.1 Å². The third-order valence-corrected chi connectivity index (χ3v) is 10.4. The number of phenols is 1. The van der Waals surface area contributed by atoms with Gasteiger partial charge in [0.1, 0.15) is 5.75 Å². The summed E-state index contributed by atoms with van der Waals surface area (Å²) in [5, 5.41) is 34.9. The molecule has 3 aliphatic carbocycles. The van der Waals surface area contributed by atoms with Gasteiger partial charge in [0.2, 0.25) is 5.91 Å². The van der Waals surface area contributed by atoms with Crippen LogP contribution in [0, 0.1) is 23.7 Å². The Morgan fingerprint density at radius 3 is 2.30 bits per heavy atom. The highest BCUT2D eigenvalue weighted by Gasteiger charge is 2.72. The number of aliphatic hydroxyl groups excluding tert-OH is 1. The van der Waals surface area contributed by atoms with E-state index in [2.05, 4.69) is 4.90 Å². The van der Waals surface area contributed by atoms with Gasteiger partial charge in [-0.15, -0.1) is 0 Å². The molecule has 2 saturated carbocycles. The normalized spacial score (nSPS) is 37.4. The van der Waals surface area contributed by atoms with Crippen molar-refractivity contribution < 1.29 is 48.8 Å². The maximum absolute atomic E-state index is 14.1. The highest BCUT2D eigenvalue weighted by Crippen LogP contribution is 2.54. The van der Waals surface area contributed by atoms with Gasteiger partial charge < -0.3 is 30.5 Å². The topological polar surface area (TPSA) is 197 Å². The summed E-state index contributed by atoms with van der Waals surface area (Å²) in [4.78, 5) is 70.6. The molecule has 1 aromatic carbocycles. The number of benzene rings is 1. The van der Waals surface area contributed by atoms with Crippen molar-refractivity contribution in [3.8, 4) is 5.75 Å². The van der Waals surface area contributed by atoms with Gasteiger partial charge in [-0.25, -0.2) is 0 Å². The van der Waals surface area contributed by atoms with Crippen molar-refractivity contribution in [3.63, 3.8) is 0 Å². The number of carbonyl (C=O) groups is 5. The number of rotatable bonds is 4. The largest absolute Gasteiger partial charge is 0.507 e. The van der Waals surface area contributed by atoms with Gasteiger partial charge in [0.25, 0.3) is 0 Å². The third-order valence-electron chi connectivity index (χ3n) is 10.4. The van der Waals surface area contributed by atoms with Gasteiger partial charge in [-0.1, -0.05) is 19.1 Å². The number of phenolic OH excluding ortho intramolecular Hbond substituents is 1. The molecule has 0 radical (unpaired) electrons. The lowest BCUT2D eigenvalue weighted by Crippen LogP contribution is -2.77. The van der Waals surface area contributed by atoms with Crippen LogP contribution in [-0.4, -0.2) is 118 Å². The Morgan fingerprint density at radius 1 is 1.09 bits per heavy atom. The van der Waals surface area contributed by atoms with Crippen molar-refractivity contribution in [3.05, 3.63) is 28.8 Å². The van der Waals surface area contributed by atoms with Crippen LogP contribution in [-0.2, 0) is 35.2 Å². The predicted octanol–water partition coefficient (Wildman–Crippen LogP) is -1.26. The van der Waals surface area contributed by atoms with Crippen molar-refractivity contribution in [2.45, 2.75) is 55.8 Å². The lowest BCUT2D eigenvalue weighted by Gasteiger charge is -2.56. The summed E-state index contributed by atoms with van der Waals surface area (Å²) < 4.78 is 11.6. The van der Waals surface area contributed by atoms with Crippen LogP contribution in [0.3, 0.4) is 0 Å². The quantitative estimate of drug-likeness (QED) is 0.300. The third kappa shape index (κ3) is 4.16. The Morgan fingerprint density at radius 2 is 1.72 bits per heavy atom. The van der Waals surface area contributed by atoms with Gasteiger partial charge in [0, 0.05) is 44.0 Å². The molecule has 2 heterocycles. The first-order valence-corrected chi connectivity index (χ1v) is 14.6. The molecule has 0 bridgehead atoms. The summed E-state index contributed by atoms with van der Waals surface area (Å²) in [5.41, 5.74) is 3.12. The molecule has 8 atom stereocenters. The van der Waals surface area contributed by atoms with Crippen LogP contribution >= 0.6 is 0 Å². The molecule has 1 spiro atoms. The second-order valence-corrected chi connectivity index (χ2v) is 12.8. The molecule has 4 fully saturated rings. The minimum Gasteiger partial charge on any atom is -0.507 e. The molecule has 1 amide bonds. The summed E-state index contributed by atoms with van der Waals surface area (Å²) in [6.07, 6.45) is -0.348. The number of Topliss-reactive ketones (excluding diaryl/α,β-unsaturated/α-hetero) is 4. The number of ether oxygens (including phenoxy) is 2. The van der Waals surface area contributed by atoms with Crippen molar-refractivity contribution >= 4 is 29.0 Å². The molecule has 232 valence electrons. The second kappa shape index (κ2) is 10.2. The summed E-state index contributed by atoms with van der Waals surface area (Å²) >= 11 is 0. The standard InChI is InChI=1S/C30H37N3O10/c1-13-15-5-4-14(12-33-8-6-29(7-9-33)42-10-11-43-29)22(34)17(15)23(35)18-16(13)24(36)20-21(32(2)3)25(37)19(28(31)40)27(39)30(20,41)26(18)38/h4-5,13,16,18-21,24,34,36,41H,6-12H2,1-3H3,(H2,31,40)/t13-,16+,18?,19?,20+,21-,24-,30-/m0/s1. The van der Waals surface area contributed by atoms with E-state index in [1.807, 2.05) is 0 Å². The molecule has 13 heteroatoms. The molecular weight excluding hydrogens is 562 g/mol. The molecule has 2 saturated heterocycles. The Labute approximate surface area is 247 Å². The molecule has 1 aromatic rings. The minimum absolute atomic E-state index is 0.0975. The van der Waals surface area contributed by atoms with Gasteiger partial charge in [0.15, 0.2) is 40.4 Å². The number of likely N-dealkylation sites (N-methyl/N-ethyl adjacent to an activating group) is 1. The molecule has 5 aliphatic rings. The number of aliphatic hydroxyl groups is 2. The monoisotopic (exact) mass is 599 g/mol. The summed E-state index contributed by atoms with van der Waals surface area (Å²) in [6.45, 7) is 4.40. The molecule has 2 unspecified atom stereocenters. The predicted molar refractivity (Wildman–Crippen MR) is 147 cm³/mol. The number of fused-ring (bicyclic) bond motifs is 3. The number of hydrogen-bond acceptors (Lipinski definition) is 12. The SMILES string of the molecule is C[C@H]1c2ccc(CN3CCC4(CC3)OCCO4)c(O)c2C(=O)C2C(=O)[C@]3(O)C(=O)C(C(N)=O)C(=O)[C@@H](N(C)C)[C@@H]3[C@@H](O)[C@@H]21. The molecular formula is C30H37N3O10. The van der Waals surface area contributed by atoms with Crippen molar-refractivity contribution in [2.75, 3.05) is 40.4 Å². The van der Waals surface area contributed by atoms with Gasteiger partial charge in [-0.2, -0.15) is 0 Å². The van der Waals surface area contributed by atoms with Crippen LogP contribution in [0.2, 0.25) is 0 Å². The van der Waals surface area contributed by atoms with E-state index >= 15 is 0 Å². The van der Waals surface area contributed by atoms with Gasteiger partial charge in [-0.3, -0.25) is 33.8 Å². The van der Waals surface area contributed by atoms with Crippen LogP contribution in [0.4, 0.5) is 0 Å². The van der Waals surface area contributed by atoms with E-state index in [1.165, 1.54) is 19.0 Å². The molecule has 13 nitrogen and oxygen atoms in total. The average Bonchev–Trinajstić information content (AvgIpc) is 3.40. The molecule has 43 heavy (non-hydrogen) atoms. The van der Waals surface area contributed by atoms with Crippen LogP contribution in [0.25, 0.3) is 0 Å². The number of aromatic hydroxyl groups is 1. The van der Waals surface area contributed by atoms with E-state index < -0.39 is 82.2 Å². The number of piperidine rings is 1. The van der Waals surface area contributed by atoms with Crippen molar-refractivity contribution in [1.82, 2.24) is 9.80 Å². The van der Waals surface area contributed by atoms with Crippen LogP contribution in [0.5, 0.6) is 5.75 Å². The fraction of sp³-hybridized carbons (Fsp3) is 0.633. The maximum Gasteiger partial charge on any atom is 0.235 e. The first kappa shape index (κ1) is 30.0. The van der Waals surface area contributed by atoms with Crippen LogP contribution in [0.1, 0.15) is 47.2 Å². The highest BCUT2D eigenvalue weighted by atomic mass is 16.7. The zero-order valence-corrected chi connectivity index (χ0v) is 24.3. The maximum atomic E-state index is 14.1.